The van der Waals surface area contributed by atoms with E-state index in [1.807, 2.05) is 6.92 Å². The lowest BCUT2D eigenvalue weighted by molar-refractivity contribution is -0.138. The van der Waals surface area contributed by atoms with Gasteiger partial charge < -0.3 is 10.6 Å². The summed E-state index contributed by atoms with van der Waals surface area (Å²) in [6, 6.07) is -0.562. The zero-order chi connectivity index (χ0) is 12.4. The van der Waals surface area contributed by atoms with E-state index in [0.29, 0.717) is 13.0 Å². The molecule has 0 saturated carbocycles. The van der Waals surface area contributed by atoms with Crippen LogP contribution in [0.5, 0.6) is 0 Å². The van der Waals surface area contributed by atoms with Crippen LogP contribution in [-0.4, -0.2) is 36.9 Å². The highest BCUT2D eigenvalue weighted by Gasteiger charge is 2.33. The van der Waals surface area contributed by atoms with Crippen molar-refractivity contribution in [3.8, 4) is 0 Å². The molecule has 0 aromatic carbocycles. The van der Waals surface area contributed by atoms with Crippen LogP contribution in [0.1, 0.15) is 19.8 Å². The largest absolute Gasteiger partial charge is 0.344 e. The molecule has 2 aliphatic rings. The maximum atomic E-state index is 11.9. The summed E-state index contributed by atoms with van der Waals surface area (Å²) in [6.45, 7) is 3.49. The molecule has 0 aliphatic carbocycles. The van der Waals surface area contributed by atoms with Crippen LogP contribution in [-0.2, 0) is 14.4 Å². The Kier molecular flexibility index (Phi) is 3.42. The Bertz CT molecular complexity index is 356. The molecule has 94 valence electrons. The number of amides is 3. The summed E-state index contributed by atoms with van der Waals surface area (Å²) in [7, 11) is 0. The average molecular weight is 239 g/mol. The Morgan fingerprint density at radius 3 is 2.71 bits per heavy atom. The molecule has 2 aliphatic heterocycles. The molecule has 2 saturated heterocycles. The van der Waals surface area contributed by atoms with Crippen molar-refractivity contribution in [1.82, 2.24) is 16.0 Å². The highest BCUT2D eigenvalue weighted by molar-refractivity contribution is 6.01. The van der Waals surface area contributed by atoms with Gasteiger partial charge in [0.25, 0.3) is 0 Å². The number of rotatable bonds is 2. The molecule has 2 fully saturated rings. The molecule has 0 bridgehead atoms. The van der Waals surface area contributed by atoms with Gasteiger partial charge in [-0.25, -0.2) is 0 Å². The number of hydrogen-bond donors (Lipinski definition) is 3. The summed E-state index contributed by atoms with van der Waals surface area (Å²) in [6.07, 6.45) is 0.681. The summed E-state index contributed by atoms with van der Waals surface area (Å²) in [5, 5.41) is 8.09. The predicted octanol–water partition coefficient (Wildman–Crippen LogP) is -1.24. The van der Waals surface area contributed by atoms with Crippen molar-refractivity contribution in [3.05, 3.63) is 0 Å². The van der Waals surface area contributed by atoms with Crippen molar-refractivity contribution in [3.63, 3.8) is 0 Å². The minimum atomic E-state index is -0.562. The van der Waals surface area contributed by atoms with Crippen molar-refractivity contribution >= 4 is 17.7 Å². The van der Waals surface area contributed by atoms with E-state index in [1.165, 1.54) is 0 Å². The summed E-state index contributed by atoms with van der Waals surface area (Å²) >= 11 is 0. The van der Waals surface area contributed by atoms with Crippen molar-refractivity contribution in [1.29, 1.82) is 0 Å². The van der Waals surface area contributed by atoms with E-state index >= 15 is 0 Å². The van der Waals surface area contributed by atoms with Crippen LogP contribution in [0.15, 0.2) is 0 Å². The first kappa shape index (κ1) is 12.0. The van der Waals surface area contributed by atoms with E-state index in [-0.39, 0.29) is 30.1 Å². The van der Waals surface area contributed by atoms with E-state index in [2.05, 4.69) is 16.0 Å². The fourth-order valence-electron chi connectivity index (χ4n) is 2.27. The maximum Gasteiger partial charge on any atom is 0.249 e. The lowest BCUT2D eigenvalue weighted by atomic mass is 9.96. The molecule has 1 unspecified atom stereocenters. The molecule has 0 spiro atoms. The van der Waals surface area contributed by atoms with Crippen LogP contribution >= 0.6 is 0 Å². The fraction of sp³-hybridized carbons (Fsp3) is 0.727. The van der Waals surface area contributed by atoms with E-state index in [9.17, 15) is 14.4 Å². The first-order valence-corrected chi connectivity index (χ1v) is 5.92. The summed E-state index contributed by atoms with van der Waals surface area (Å²) in [5.41, 5.74) is 0. The Hall–Kier alpha value is -1.43. The molecule has 17 heavy (non-hydrogen) atoms. The van der Waals surface area contributed by atoms with Gasteiger partial charge in [-0.05, 0) is 18.9 Å². The number of imide groups is 1. The minimum absolute atomic E-state index is 0.0829. The number of nitrogens with one attached hydrogen (secondary N) is 3. The topological polar surface area (TPSA) is 87.3 Å². The van der Waals surface area contributed by atoms with Gasteiger partial charge in [0.2, 0.25) is 17.7 Å². The molecular formula is C11H17N3O3. The van der Waals surface area contributed by atoms with E-state index in [0.717, 1.165) is 6.54 Å². The van der Waals surface area contributed by atoms with Crippen LogP contribution < -0.4 is 16.0 Å². The van der Waals surface area contributed by atoms with Gasteiger partial charge in [0.05, 0.1) is 5.92 Å². The quantitative estimate of drug-likeness (QED) is 0.526. The number of carbonyl (C=O) groups excluding carboxylic acids is 3. The van der Waals surface area contributed by atoms with Gasteiger partial charge in [-0.15, -0.1) is 0 Å². The average Bonchev–Trinajstić information content (AvgIpc) is 2.68. The molecule has 3 atom stereocenters. The van der Waals surface area contributed by atoms with Crippen molar-refractivity contribution in [2.24, 2.45) is 11.8 Å². The summed E-state index contributed by atoms with van der Waals surface area (Å²) < 4.78 is 0. The second-order valence-corrected chi connectivity index (χ2v) is 4.75. The molecule has 3 N–H and O–H groups in total. The molecule has 6 heteroatoms. The van der Waals surface area contributed by atoms with Crippen LogP contribution in [0.4, 0.5) is 0 Å². The van der Waals surface area contributed by atoms with Gasteiger partial charge in [0.1, 0.15) is 6.04 Å². The van der Waals surface area contributed by atoms with Crippen LogP contribution in [0.25, 0.3) is 0 Å². The molecule has 3 amide bonds. The minimum Gasteiger partial charge on any atom is -0.344 e. The molecule has 0 aromatic rings. The third-order valence-corrected chi connectivity index (χ3v) is 3.41. The van der Waals surface area contributed by atoms with Gasteiger partial charge in [-0.2, -0.15) is 0 Å². The number of piperidine rings is 1. The summed E-state index contributed by atoms with van der Waals surface area (Å²) in [5.74, 6) is -0.565. The third kappa shape index (κ3) is 2.63. The standard InChI is InChI=1S/C11H17N3O3/c1-6-4-12-5-7(6)10(16)13-8-2-3-9(15)14-11(8)17/h6-8,12H,2-5H2,1H3,(H,13,16)(H,14,15,17)/t6-,7-,8?/m1/s1. The molecule has 2 rings (SSSR count). The van der Waals surface area contributed by atoms with Crippen molar-refractivity contribution < 1.29 is 14.4 Å². The Labute approximate surface area is 99.5 Å². The monoisotopic (exact) mass is 239 g/mol. The molecule has 6 nitrogen and oxygen atoms in total. The Balaban J connectivity index is 1.90. The fourth-order valence-corrected chi connectivity index (χ4v) is 2.27. The lowest BCUT2D eigenvalue weighted by Crippen LogP contribution is -2.53. The van der Waals surface area contributed by atoms with Crippen molar-refractivity contribution in [2.45, 2.75) is 25.8 Å². The second-order valence-electron chi connectivity index (χ2n) is 4.75. The lowest BCUT2D eigenvalue weighted by Gasteiger charge is -2.24. The molecule has 0 aromatic heterocycles. The second kappa shape index (κ2) is 4.83. The number of carbonyl (C=O) groups is 3. The van der Waals surface area contributed by atoms with Gasteiger partial charge in [-0.1, -0.05) is 6.92 Å². The van der Waals surface area contributed by atoms with Gasteiger partial charge >= 0.3 is 0 Å². The van der Waals surface area contributed by atoms with Crippen LogP contribution in [0, 0.1) is 11.8 Å². The molecular weight excluding hydrogens is 222 g/mol. The van der Waals surface area contributed by atoms with Crippen molar-refractivity contribution in [2.75, 3.05) is 13.1 Å². The van der Waals surface area contributed by atoms with Crippen LogP contribution in [0.2, 0.25) is 0 Å². The van der Waals surface area contributed by atoms with Gasteiger partial charge in [0.15, 0.2) is 0 Å². The zero-order valence-electron chi connectivity index (χ0n) is 9.79. The maximum absolute atomic E-state index is 11.9. The Morgan fingerprint density at radius 2 is 2.12 bits per heavy atom. The smallest absolute Gasteiger partial charge is 0.249 e. The molecule has 2 heterocycles. The molecule has 0 radical (unpaired) electrons. The van der Waals surface area contributed by atoms with Crippen LogP contribution in [0.3, 0.4) is 0 Å². The normalized spacial score (nSPS) is 33.4. The first-order valence-electron chi connectivity index (χ1n) is 5.92. The first-order chi connectivity index (χ1) is 8.08. The van der Waals surface area contributed by atoms with Gasteiger partial charge in [0, 0.05) is 13.0 Å². The third-order valence-electron chi connectivity index (χ3n) is 3.41. The zero-order valence-corrected chi connectivity index (χ0v) is 9.79. The summed E-state index contributed by atoms with van der Waals surface area (Å²) in [4.78, 5) is 34.4. The highest BCUT2D eigenvalue weighted by atomic mass is 16.2. The highest BCUT2D eigenvalue weighted by Crippen LogP contribution is 2.16. The number of hydrogen-bond acceptors (Lipinski definition) is 4. The van der Waals surface area contributed by atoms with E-state index < -0.39 is 11.9 Å². The predicted molar refractivity (Wildman–Crippen MR) is 59.8 cm³/mol. The van der Waals surface area contributed by atoms with E-state index in [4.69, 9.17) is 0 Å². The van der Waals surface area contributed by atoms with Gasteiger partial charge in [-0.3, -0.25) is 19.7 Å². The SMILES string of the molecule is C[C@@H]1CNC[C@H]1C(=O)NC1CCC(=O)NC1=O. The Morgan fingerprint density at radius 1 is 1.35 bits per heavy atom. The van der Waals surface area contributed by atoms with E-state index in [1.54, 1.807) is 0 Å².